The van der Waals surface area contributed by atoms with Gasteiger partial charge in [0.2, 0.25) is 11.0 Å². The Balaban J connectivity index is 2.03. The molecule has 2 rings (SSSR count). The zero-order chi connectivity index (χ0) is 11.6. The number of amides is 1. The molecule has 1 fully saturated rings. The average molecular weight is 240 g/mol. The van der Waals surface area contributed by atoms with E-state index in [9.17, 15) is 4.79 Å². The van der Waals surface area contributed by atoms with Crippen LogP contribution in [0.25, 0.3) is 0 Å². The van der Waals surface area contributed by atoms with Crippen LogP contribution in [0.5, 0.6) is 0 Å². The van der Waals surface area contributed by atoms with Crippen LogP contribution >= 0.6 is 11.3 Å². The Hall–Kier alpha value is -1.01. The van der Waals surface area contributed by atoms with Crippen molar-refractivity contribution in [3.8, 4) is 0 Å². The van der Waals surface area contributed by atoms with Crippen molar-refractivity contribution >= 4 is 22.4 Å². The van der Waals surface area contributed by atoms with Gasteiger partial charge in [0.05, 0.1) is 6.04 Å². The van der Waals surface area contributed by atoms with Crippen molar-refractivity contribution in [1.82, 2.24) is 15.5 Å². The lowest BCUT2D eigenvalue weighted by Gasteiger charge is -2.37. The normalized spacial score (nSPS) is 24.0. The summed E-state index contributed by atoms with van der Waals surface area (Å²) in [5, 5.41) is 14.1. The third-order valence-corrected chi connectivity index (χ3v) is 3.59. The third-order valence-electron chi connectivity index (χ3n) is 2.98. The fourth-order valence-electron chi connectivity index (χ4n) is 2.06. The highest BCUT2D eigenvalue weighted by Crippen LogP contribution is 2.30. The molecule has 2 N–H and O–H groups in total. The summed E-state index contributed by atoms with van der Waals surface area (Å²) < 4.78 is 0. The lowest BCUT2D eigenvalue weighted by Crippen LogP contribution is -2.53. The molecule has 16 heavy (non-hydrogen) atoms. The van der Waals surface area contributed by atoms with Crippen LogP contribution in [0.15, 0.2) is 5.51 Å². The summed E-state index contributed by atoms with van der Waals surface area (Å²) in [6, 6.07) is -0.148. The average Bonchev–Trinajstić information content (AvgIpc) is 2.69. The van der Waals surface area contributed by atoms with Gasteiger partial charge in [-0.25, -0.2) is 0 Å². The van der Waals surface area contributed by atoms with Crippen molar-refractivity contribution in [3.63, 3.8) is 0 Å². The first-order valence-corrected chi connectivity index (χ1v) is 6.28. The molecule has 88 valence electrons. The number of carbonyl (C=O) groups excluding carboxylic acids is 1. The molecule has 1 atom stereocenters. The second kappa shape index (κ2) is 4.47. The van der Waals surface area contributed by atoms with Crippen LogP contribution in [0.4, 0.5) is 5.13 Å². The highest BCUT2D eigenvalue weighted by atomic mass is 32.1. The van der Waals surface area contributed by atoms with Crippen LogP contribution < -0.4 is 10.6 Å². The monoisotopic (exact) mass is 240 g/mol. The largest absolute Gasteiger partial charge is 0.305 e. The lowest BCUT2D eigenvalue weighted by molar-refractivity contribution is -0.121. The molecule has 0 radical (unpaired) electrons. The van der Waals surface area contributed by atoms with E-state index in [1.165, 1.54) is 11.3 Å². The van der Waals surface area contributed by atoms with E-state index in [0.29, 0.717) is 5.13 Å². The number of aromatic nitrogens is 2. The van der Waals surface area contributed by atoms with Crippen LogP contribution in [0, 0.1) is 5.41 Å². The van der Waals surface area contributed by atoms with Gasteiger partial charge < -0.3 is 5.32 Å². The van der Waals surface area contributed by atoms with Gasteiger partial charge in [0, 0.05) is 0 Å². The van der Waals surface area contributed by atoms with Gasteiger partial charge in [-0.15, -0.1) is 10.2 Å². The molecule has 1 unspecified atom stereocenters. The maximum absolute atomic E-state index is 12.0. The van der Waals surface area contributed by atoms with Gasteiger partial charge in [-0.05, 0) is 24.8 Å². The van der Waals surface area contributed by atoms with Gasteiger partial charge in [0.15, 0.2) is 0 Å². The van der Waals surface area contributed by atoms with E-state index in [0.717, 1.165) is 19.4 Å². The number of rotatable bonds is 2. The minimum absolute atomic E-state index is 0.00692. The van der Waals surface area contributed by atoms with Gasteiger partial charge >= 0.3 is 0 Å². The van der Waals surface area contributed by atoms with Crippen LogP contribution in [0.1, 0.15) is 26.7 Å². The molecule has 5 nitrogen and oxygen atoms in total. The van der Waals surface area contributed by atoms with Crippen LogP contribution in [-0.2, 0) is 4.79 Å². The number of piperidine rings is 1. The molecule has 1 amide bonds. The van der Waals surface area contributed by atoms with Gasteiger partial charge in [0.1, 0.15) is 5.51 Å². The Kier molecular flexibility index (Phi) is 3.20. The van der Waals surface area contributed by atoms with E-state index in [1.807, 2.05) is 0 Å². The molecule has 1 aliphatic heterocycles. The van der Waals surface area contributed by atoms with Crippen molar-refractivity contribution in [2.45, 2.75) is 32.7 Å². The molecule has 0 bridgehead atoms. The van der Waals surface area contributed by atoms with E-state index >= 15 is 0 Å². The van der Waals surface area contributed by atoms with Crippen molar-refractivity contribution in [1.29, 1.82) is 0 Å². The number of hydrogen-bond donors (Lipinski definition) is 2. The summed E-state index contributed by atoms with van der Waals surface area (Å²) in [7, 11) is 0. The Bertz CT molecular complexity index is 363. The molecule has 1 aromatic rings. The number of anilines is 1. The maximum atomic E-state index is 12.0. The molecule has 0 saturated carbocycles. The lowest BCUT2D eigenvalue weighted by atomic mass is 9.77. The predicted molar refractivity (Wildman–Crippen MR) is 63.3 cm³/mol. The van der Waals surface area contributed by atoms with Gasteiger partial charge in [-0.3, -0.25) is 10.1 Å². The van der Waals surface area contributed by atoms with Crippen LogP contribution in [0.3, 0.4) is 0 Å². The van der Waals surface area contributed by atoms with Gasteiger partial charge in [-0.1, -0.05) is 25.2 Å². The third kappa shape index (κ3) is 2.38. The molecule has 1 aliphatic rings. The molecule has 0 aliphatic carbocycles. The maximum Gasteiger partial charge on any atom is 0.243 e. The highest BCUT2D eigenvalue weighted by molar-refractivity contribution is 7.13. The standard InChI is InChI=1S/C10H16N4OS/c1-10(2)4-3-5-11-7(10)8(15)13-9-14-12-6-16-9/h6-7,11H,3-5H2,1-2H3,(H,13,14,15). The molecule has 1 aromatic heterocycles. The minimum atomic E-state index is -0.148. The Labute approximate surface area is 98.7 Å². The summed E-state index contributed by atoms with van der Waals surface area (Å²) in [6.45, 7) is 5.13. The Morgan fingerprint density at radius 2 is 2.50 bits per heavy atom. The van der Waals surface area contributed by atoms with E-state index in [2.05, 4.69) is 34.7 Å². The molecule has 2 heterocycles. The van der Waals surface area contributed by atoms with Gasteiger partial charge in [-0.2, -0.15) is 0 Å². The second-order valence-corrected chi connectivity index (χ2v) is 5.55. The van der Waals surface area contributed by atoms with Crippen LogP contribution in [-0.4, -0.2) is 28.7 Å². The molecule has 1 saturated heterocycles. The van der Waals surface area contributed by atoms with Crippen molar-refractivity contribution < 1.29 is 4.79 Å². The number of hydrogen-bond acceptors (Lipinski definition) is 5. The summed E-state index contributed by atoms with van der Waals surface area (Å²) >= 11 is 1.33. The molecular weight excluding hydrogens is 224 g/mol. The minimum Gasteiger partial charge on any atom is -0.305 e. The molecule has 0 aromatic carbocycles. The summed E-state index contributed by atoms with van der Waals surface area (Å²) in [4.78, 5) is 12.0. The number of carbonyl (C=O) groups is 1. The van der Waals surface area contributed by atoms with E-state index < -0.39 is 0 Å². The van der Waals surface area contributed by atoms with Crippen molar-refractivity contribution in [2.24, 2.45) is 5.41 Å². The first kappa shape index (κ1) is 11.5. The SMILES string of the molecule is CC1(C)CCCNC1C(=O)Nc1nncs1. The first-order chi connectivity index (χ1) is 7.59. The van der Waals surface area contributed by atoms with E-state index in [4.69, 9.17) is 0 Å². The van der Waals surface area contributed by atoms with E-state index in [-0.39, 0.29) is 17.4 Å². The molecule has 0 spiro atoms. The first-order valence-electron chi connectivity index (χ1n) is 5.40. The predicted octanol–water partition coefficient (Wildman–Crippen LogP) is 1.25. The van der Waals surface area contributed by atoms with E-state index in [1.54, 1.807) is 5.51 Å². The summed E-state index contributed by atoms with van der Waals surface area (Å²) in [6.07, 6.45) is 2.18. The zero-order valence-corrected chi connectivity index (χ0v) is 10.3. The van der Waals surface area contributed by atoms with Crippen molar-refractivity contribution in [2.75, 3.05) is 11.9 Å². The highest BCUT2D eigenvalue weighted by Gasteiger charge is 2.37. The Morgan fingerprint density at radius 3 is 3.12 bits per heavy atom. The Morgan fingerprint density at radius 1 is 1.69 bits per heavy atom. The van der Waals surface area contributed by atoms with Gasteiger partial charge in [0.25, 0.3) is 0 Å². The quantitative estimate of drug-likeness (QED) is 0.816. The smallest absolute Gasteiger partial charge is 0.243 e. The molecule has 6 heteroatoms. The number of nitrogens with one attached hydrogen (secondary N) is 2. The summed E-state index contributed by atoms with van der Waals surface area (Å²) in [5.41, 5.74) is 1.60. The second-order valence-electron chi connectivity index (χ2n) is 4.71. The topological polar surface area (TPSA) is 66.9 Å². The fourth-order valence-corrected chi connectivity index (χ4v) is 2.51. The molecular formula is C10H16N4OS. The van der Waals surface area contributed by atoms with Crippen LogP contribution in [0.2, 0.25) is 0 Å². The summed E-state index contributed by atoms with van der Waals surface area (Å²) in [5.74, 6) is -0.0125. The number of nitrogens with zero attached hydrogens (tertiary/aromatic N) is 2. The van der Waals surface area contributed by atoms with Crippen molar-refractivity contribution in [3.05, 3.63) is 5.51 Å². The fraction of sp³-hybridized carbons (Fsp3) is 0.700. The zero-order valence-electron chi connectivity index (χ0n) is 9.49.